The summed E-state index contributed by atoms with van der Waals surface area (Å²) in [5.74, 6) is -0.794. The molecule has 0 aromatic carbocycles. The molecule has 3 N–H and O–H groups in total. The van der Waals surface area contributed by atoms with Gasteiger partial charge in [-0.2, -0.15) is 0 Å². The maximum Gasteiger partial charge on any atom is 0.349 e. The lowest BCUT2D eigenvalue weighted by Crippen LogP contribution is -2.24. The van der Waals surface area contributed by atoms with Crippen LogP contribution in [0.25, 0.3) is 0 Å². The molecule has 1 aliphatic rings. The first-order valence-electron chi connectivity index (χ1n) is 2.40. The molecule has 0 aliphatic carbocycles. The molecule has 0 aromatic rings. The maximum atomic E-state index is 10.4. The van der Waals surface area contributed by atoms with E-state index in [1.165, 1.54) is 6.34 Å². The summed E-state index contributed by atoms with van der Waals surface area (Å²) in [4.78, 5) is 20.6. The largest absolute Gasteiger partial charge is 0.361 e. The zero-order valence-corrected chi connectivity index (χ0v) is 5.45. The molecule has 0 saturated heterocycles. The average Bonchev–Trinajstić information content (AvgIpc) is 2.08. The van der Waals surface area contributed by atoms with Crippen molar-refractivity contribution in [2.45, 2.75) is 5.78 Å². The highest BCUT2D eigenvalue weighted by Crippen LogP contribution is 2.40. The minimum absolute atomic E-state index is 0.171. The Kier molecular flexibility index (Phi) is 1.57. The van der Waals surface area contributed by atoms with Gasteiger partial charge in [0.25, 0.3) is 0 Å². The maximum absolute atomic E-state index is 10.4. The van der Waals surface area contributed by atoms with E-state index in [0.29, 0.717) is 0 Å². The Balaban J connectivity index is 2.56. The van der Waals surface area contributed by atoms with Crippen molar-refractivity contribution in [3.63, 3.8) is 0 Å². The molecule has 5 nitrogen and oxygen atoms in total. The van der Waals surface area contributed by atoms with Crippen LogP contribution in [-0.2, 0) is 4.57 Å². The highest BCUT2D eigenvalue weighted by molar-refractivity contribution is 7.52. The van der Waals surface area contributed by atoms with Gasteiger partial charge in [0.05, 0.1) is 12.9 Å². The van der Waals surface area contributed by atoms with E-state index in [2.05, 4.69) is 10.3 Å². The third-order valence-corrected chi connectivity index (χ3v) is 2.17. The lowest BCUT2D eigenvalue weighted by Gasteiger charge is -2.09. The second-order valence-corrected chi connectivity index (χ2v) is 3.57. The van der Waals surface area contributed by atoms with E-state index in [9.17, 15) is 4.57 Å². The molecule has 1 atom stereocenters. The van der Waals surface area contributed by atoms with Crippen LogP contribution in [0.4, 0.5) is 0 Å². The molecule has 1 unspecified atom stereocenters. The Morgan fingerprint density at radius 3 is 2.67 bits per heavy atom. The summed E-state index contributed by atoms with van der Waals surface area (Å²) in [6.07, 6.45) is 1.31. The number of hydrogen-bond acceptors (Lipinski definition) is 3. The van der Waals surface area contributed by atoms with Gasteiger partial charge in [0.2, 0.25) is 0 Å². The van der Waals surface area contributed by atoms with Crippen molar-refractivity contribution in [2.75, 3.05) is 6.54 Å². The van der Waals surface area contributed by atoms with Crippen LogP contribution in [0, 0.1) is 0 Å². The molecule has 52 valence electrons. The molecule has 0 aromatic heterocycles. The Labute approximate surface area is 52.0 Å². The molecule has 0 amide bonds. The van der Waals surface area contributed by atoms with Crippen molar-refractivity contribution < 1.29 is 14.4 Å². The fourth-order valence-electron chi connectivity index (χ4n) is 0.547. The molecule has 9 heavy (non-hydrogen) atoms. The van der Waals surface area contributed by atoms with Gasteiger partial charge in [-0.3, -0.25) is 9.56 Å². The average molecular weight is 150 g/mol. The minimum Gasteiger partial charge on any atom is -0.361 e. The van der Waals surface area contributed by atoms with E-state index >= 15 is 0 Å². The summed E-state index contributed by atoms with van der Waals surface area (Å²) in [7, 11) is -3.95. The van der Waals surface area contributed by atoms with Gasteiger partial charge in [-0.15, -0.1) is 0 Å². The topological polar surface area (TPSA) is 81.9 Å². The lowest BCUT2D eigenvalue weighted by atomic mass is 10.7. The normalized spacial score (nSPS) is 26.2. The van der Waals surface area contributed by atoms with Crippen molar-refractivity contribution in [1.82, 2.24) is 5.32 Å². The monoisotopic (exact) mass is 150 g/mol. The van der Waals surface area contributed by atoms with Crippen LogP contribution in [0.15, 0.2) is 4.99 Å². The third-order valence-electron chi connectivity index (χ3n) is 1.04. The van der Waals surface area contributed by atoms with Gasteiger partial charge < -0.3 is 15.1 Å². The Morgan fingerprint density at radius 1 is 1.78 bits per heavy atom. The van der Waals surface area contributed by atoms with Crippen molar-refractivity contribution >= 4 is 13.9 Å². The van der Waals surface area contributed by atoms with E-state index in [-0.39, 0.29) is 6.54 Å². The van der Waals surface area contributed by atoms with Gasteiger partial charge >= 0.3 is 7.60 Å². The van der Waals surface area contributed by atoms with Gasteiger partial charge in [-0.05, 0) is 0 Å². The number of nitrogens with zero attached hydrogens (tertiary/aromatic N) is 1. The van der Waals surface area contributed by atoms with Crippen molar-refractivity contribution in [3.8, 4) is 0 Å². The Bertz CT molecular complexity index is 166. The molecule has 0 fully saturated rings. The smallest absolute Gasteiger partial charge is 0.349 e. The van der Waals surface area contributed by atoms with Gasteiger partial charge in [-0.1, -0.05) is 0 Å². The highest BCUT2D eigenvalue weighted by Gasteiger charge is 2.29. The van der Waals surface area contributed by atoms with Crippen LogP contribution < -0.4 is 5.32 Å². The zero-order valence-electron chi connectivity index (χ0n) is 4.56. The molecule has 1 aliphatic heterocycles. The first-order valence-corrected chi connectivity index (χ1v) is 4.08. The molecular weight excluding hydrogens is 143 g/mol. The fourth-order valence-corrected chi connectivity index (χ4v) is 1.12. The molecule has 0 radical (unpaired) electrons. The standard InChI is InChI=1S/C3H7N2O3P/c6-9(7,8)3-1-4-2-5-3/h2-3H,1H2,(H,4,5)(H2,6,7,8). The third kappa shape index (κ3) is 1.51. The molecule has 0 saturated carbocycles. The second-order valence-electron chi connectivity index (χ2n) is 1.77. The number of nitrogens with one attached hydrogen (secondary N) is 1. The van der Waals surface area contributed by atoms with E-state index in [0.717, 1.165) is 0 Å². The molecule has 1 heterocycles. The van der Waals surface area contributed by atoms with Gasteiger partial charge in [0, 0.05) is 0 Å². The van der Waals surface area contributed by atoms with Gasteiger partial charge in [0.1, 0.15) is 5.78 Å². The summed E-state index contributed by atoms with van der Waals surface area (Å²) in [5, 5.41) is 2.44. The van der Waals surface area contributed by atoms with Crippen molar-refractivity contribution in [3.05, 3.63) is 0 Å². The minimum atomic E-state index is -3.95. The van der Waals surface area contributed by atoms with Crippen LogP contribution >= 0.6 is 7.60 Å². The number of hydrogen-bond donors (Lipinski definition) is 3. The quantitative estimate of drug-likeness (QED) is 0.424. The van der Waals surface area contributed by atoms with Gasteiger partial charge in [0.15, 0.2) is 0 Å². The SMILES string of the molecule is O=P(O)(O)C1CN=CN1. The van der Waals surface area contributed by atoms with E-state index in [1.807, 2.05) is 0 Å². The molecule has 0 spiro atoms. The Hall–Kier alpha value is -0.380. The summed E-state index contributed by atoms with van der Waals surface area (Å²) >= 11 is 0. The second kappa shape index (κ2) is 2.10. The summed E-state index contributed by atoms with van der Waals surface area (Å²) in [6.45, 7) is 0.171. The summed E-state index contributed by atoms with van der Waals surface area (Å²) in [5.41, 5.74) is 0. The van der Waals surface area contributed by atoms with Crippen molar-refractivity contribution in [1.29, 1.82) is 0 Å². The van der Waals surface area contributed by atoms with E-state index < -0.39 is 13.4 Å². The van der Waals surface area contributed by atoms with Crippen LogP contribution in [-0.4, -0.2) is 28.5 Å². The highest BCUT2D eigenvalue weighted by atomic mass is 31.2. The summed E-state index contributed by atoms with van der Waals surface area (Å²) < 4.78 is 10.4. The first kappa shape index (κ1) is 6.74. The van der Waals surface area contributed by atoms with Gasteiger partial charge in [-0.25, -0.2) is 0 Å². The predicted octanol–water partition coefficient (Wildman–Crippen LogP) is -0.878. The van der Waals surface area contributed by atoms with E-state index in [1.54, 1.807) is 0 Å². The lowest BCUT2D eigenvalue weighted by molar-refractivity contribution is 0.357. The fraction of sp³-hybridized carbons (Fsp3) is 0.667. The van der Waals surface area contributed by atoms with Crippen molar-refractivity contribution in [2.24, 2.45) is 4.99 Å². The molecule has 1 rings (SSSR count). The number of aliphatic imine (C=N–C) groups is 1. The molecular formula is C3H7N2O3P. The Morgan fingerprint density at radius 2 is 2.44 bits per heavy atom. The van der Waals surface area contributed by atoms with Crippen LogP contribution in [0.3, 0.4) is 0 Å². The summed E-state index contributed by atoms with van der Waals surface area (Å²) in [6, 6.07) is 0. The predicted molar refractivity (Wildman–Crippen MR) is 32.3 cm³/mol. The van der Waals surface area contributed by atoms with E-state index in [4.69, 9.17) is 9.79 Å². The molecule has 6 heteroatoms. The van der Waals surface area contributed by atoms with Crippen LogP contribution in [0.2, 0.25) is 0 Å². The molecule has 0 bridgehead atoms. The zero-order chi connectivity index (χ0) is 6.91. The van der Waals surface area contributed by atoms with Crippen LogP contribution in [0.5, 0.6) is 0 Å². The first-order chi connectivity index (χ1) is 4.11. The number of rotatable bonds is 1. The van der Waals surface area contributed by atoms with Crippen LogP contribution in [0.1, 0.15) is 0 Å².